The Hall–Kier alpha value is -0.120. The fourth-order valence-electron chi connectivity index (χ4n) is 2.51. The number of piperidine rings is 1. The topological polar surface area (TPSA) is 32.5 Å². The second-order valence-corrected chi connectivity index (χ2v) is 4.58. The van der Waals surface area contributed by atoms with Gasteiger partial charge in [-0.15, -0.1) is 0 Å². The van der Waals surface area contributed by atoms with Crippen LogP contribution in [0.2, 0.25) is 0 Å². The predicted octanol–water partition coefficient (Wildman–Crippen LogP) is 0.114. The lowest BCUT2D eigenvalue weighted by atomic mass is 10.0. The smallest absolute Gasteiger partial charge is 0.0180 e. The molecule has 0 saturated carbocycles. The lowest BCUT2D eigenvalue weighted by Crippen LogP contribution is -2.43. The van der Waals surface area contributed by atoms with Crippen LogP contribution in [0.5, 0.6) is 0 Å². The Morgan fingerprint density at radius 3 is 2.31 bits per heavy atom. The van der Waals surface area contributed by atoms with Crippen molar-refractivity contribution in [2.24, 2.45) is 5.73 Å². The van der Waals surface area contributed by atoms with Gasteiger partial charge in [0.1, 0.15) is 0 Å². The van der Waals surface area contributed by atoms with Crippen molar-refractivity contribution in [3.63, 3.8) is 0 Å². The maximum absolute atomic E-state index is 5.91. The Labute approximate surface area is 80.9 Å². The van der Waals surface area contributed by atoms with Gasteiger partial charge in [0.15, 0.2) is 0 Å². The molecule has 0 radical (unpaired) electrons. The largest absolute Gasteiger partial charge is 0.326 e. The molecule has 1 atom stereocenters. The molecule has 2 fully saturated rings. The Kier molecular flexibility index (Phi) is 2.86. The molecule has 3 nitrogen and oxygen atoms in total. The van der Waals surface area contributed by atoms with Crippen LogP contribution in [-0.2, 0) is 0 Å². The van der Waals surface area contributed by atoms with E-state index in [2.05, 4.69) is 16.8 Å². The summed E-state index contributed by atoms with van der Waals surface area (Å²) in [6.45, 7) is 4.89. The molecule has 2 saturated heterocycles. The van der Waals surface area contributed by atoms with Crippen molar-refractivity contribution in [2.75, 3.05) is 33.2 Å². The van der Waals surface area contributed by atoms with Crippen LogP contribution in [0.25, 0.3) is 0 Å². The minimum Gasteiger partial charge on any atom is -0.326 e. The summed E-state index contributed by atoms with van der Waals surface area (Å²) in [5.41, 5.74) is 5.91. The lowest BCUT2D eigenvalue weighted by Gasteiger charge is -2.34. The van der Waals surface area contributed by atoms with Gasteiger partial charge in [0, 0.05) is 25.2 Å². The molecule has 3 heteroatoms. The maximum atomic E-state index is 5.91. The number of hydrogen-bond acceptors (Lipinski definition) is 3. The number of rotatable bonds is 1. The Bertz CT molecular complexity index is 164. The first kappa shape index (κ1) is 9.44. The minimum absolute atomic E-state index is 0.444. The van der Waals surface area contributed by atoms with Gasteiger partial charge in [-0.25, -0.2) is 0 Å². The van der Waals surface area contributed by atoms with Gasteiger partial charge in [0.05, 0.1) is 0 Å². The zero-order valence-electron chi connectivity index (χ0n) is 8.58. The van der Waals surface area contributed by atoms with Crippen LogP contribution in [0.15, 0.2) is 0 Å². The molecule has 2 aliphatic heterocycles. The summed E-state index contributed by atoms with van der Waals surface area (Å²) in [5, 5.41) is 0. The number of hydrogen-bond donors (Lipinski definition) is 1. The number of nitrogens with two attached hydrogens (primary N) is 1. The van der Waals surface area contributed by atoms with Crippen molar-refractivity contribution in [3.05, 3.63) is 0 Å². The van der Waals surface area contributed by atoms with Crippen LogP contribution in [0.3, 0.4) is 0 Å². The molecular weight excluding hydrogens is 162 g/mol. The normalized spacial score (nSPS) is 34.2. The van der Waals surface area contributed by atoms with Gasteiger partial charge in [-0.1, -0.05) is 0 Å². The molecule has 0 aromatic carbocycles. The first-order chi connectivity index (χ1) is 6.25. The molecule has 0 aromatic heterocycles. The summed E-state index contributed by atoms with van der Waals surface area (Å²) in [4.78, 5) is 5.02. The van der Waals surface area contributed by atoms with Crippen LogP contribution in [0, 0.1) is 0 Å². The van der Waals surface area contributed by atoms with E-state index in [1.807, 2.05) is 0 Å². The van der Waals surface area contributed by atoms with Crippen LogP contribution < -0.4 is 5.73 Å². The summed E-state index contributed by atoms with van der Waals surface area (Å²) < 4.78 is 0. The summed E-state index contributed by atoms with van der Waals surface area (Å²) in [7, 11) is 2.21. The molecule has 2 heterocycles. The Morgan fingerprint density at radius 2 is 1.77 bits per heavy atom. The lowest BCUT2D eigenvalue weighted by molar-refractivity contribution is 0.142. The van der Waals surface area contributed by atoms with Gasteiger partial charge in [-0.05, 0) is 39.4 Å². The van der Waals surface area contributed by atoms with E-state index < -0.39 is 0 Å². The first-order valence-corrected chi connectivity index (χ1v) is 5.44. The average Bonchev–Trinajstić information content (AvgIpc) is 2.53. The van der Waals surface area contributed by atoms with E-state index in [1.54, 1.807) is 0 Å². The zero-order valence-corrected chi connectivity index (χ0v) is 8.58. The van der Waals surface area contributed by atoms with E-state index in [-0.39, 0.29) is 0 Å². The molecule has 2 N–H and O–H groups in total. The molecule has 2 aliphatic rings. The average molecular weight is 183 g/mol. The van der Waals surface area contributed by atoms with E-state index in [0.29, 0.717) is 6.04 Å². The Morgan fingerprint density at radius 1 is 1.08 bits per heavy atom. The molecule has 0 bridgehead atoms. The van der Waals surface area contributed by atoms with Gasteiger partial charge < -0.3 is 10.6 Å². The van der Waals surface area contributed by atoms with E-state index in [9.17, 15) is 0 Å². The molecule has 13 heavy (non-hydrogen) atoms. The van der Waals surface area contributed by atoms with Crippen LogP contribution in [0.1, 0.15) is 19.3 Å². The summed E-state index contributed by atoms with van der Waals surface area (Å²) in [6.07, 6.45) is 3.87. The highest BCUT2D eigenvalue weighted by Gasteiger charge is 2.28. The molecule has 0 aromatic rings. The van der Waals surface area contributed by atoms with Gasteiger partial charge in [0.2, 0.25) is 0 Å². The third-order valence-electron chi connectivity index (χ3n) is 3.46. The van der Waals surface area contributed by atoms with Crippen molar-refractivity contribution < 1.29 is 0 Å². The SMILES string of the molecule is CN1CCC(N2CCC(N)C2)CC1. The fraction of sp³-hybridized carbons (Fsp3) is 1.00. The summed E-state index contributed by atoms with van der Waals surface area (Å²) in [5.74, 6) is 0. The Balaban J connectivity index is 1.81. The first-order valence-electron chi connectivity index (χ1n) is 5.44. The maximum Gasteiger partial charge on any atom is 0.0180 e. The highest BCUT2D eigenvalue weighted by molar-refractivity contribution is 4.86. The minimum atomic E-state index is 0.444. The fourth-order valence-corrected chi connectivity index (χ4v) is 2.51. The van der Waals surface area contributed by atoms with Gasteiger partial charge in [-0.2, -0.15) is 0 Å². The van der Waals surface area contributed by atoms with E-state index in [4.69, 9.17) is 5.73 Å². The molecule has 1 unspecified atom stereocenters. The van der Waals surface area contributed by atoms with Gasteiger partial charge >= 0.3 is 0 Å². The van der Waals surface area contributed by atoms with E-state index in [0.717, 1.165) is 12.6 Å². The highest BCUT2D eigenvalue weighted by Crippen LogP contribution is 2.19. The monoisotopic (exact) mass is 183 g/mol. The highest BCUT2D eigenvalue weighted by atomic mass is 15.2. The number of nitrogens with zero attached hydrogens (tertiary/aromatic N) is 2. The second-order valence-electron chi connectivity index (χ2n) is 4.58. The second kappa shape index (κ2) is 3.95. The molecule has 0 amide bonds. The molecule has 76 valence electrons. The van der Waals surface area contributed by atoms with Crippen molar-refractivity contribution in [1.29, 1.82) is 0 Å². The van der Waals surface area contributed by atoms with Gasteiger partial charge in [-0.3, -0.25) is 4.90 Å². The standard InChI is InChI=1S/C10H21N3/c1-12-5-3-10(4-6-12)13-7-2-9(11)8-13/h9-10H,2-8,11H2,1H3. The molecule has 0 aliphatic carbocycles. The van der Waals surface area contributed by atoms with Crippen LogP contribution in [-0.4, -0.2) is 55.1 Å². The van der Waals surface area contributed by atoms with Crippen molar-refractivity contribution >= 4 is 0 Å². The number of likely N-dealkylation sites (tertiary alicyclic amines) is 2. The zero-order chi connectivity index (χ0) is 9.26. The summed E-state index contributed by atoms with van der Waals surface area (Å²) >= 11 is 0. The molecule has 2 rings (SSSR count). The van der Waals surface area contributed by atoms with E-state index in [1.165, 1.54) is 38.9 Å². The predicted molar refractivity (Wildman–Crippen MR) is 54.7 cm³/mol. The van der Waals surface area contributed by atoms with Crippen molar-refractivity contribution in [3.8, 4) is 0 Å². The van der Waals surface area contributed by atoms with Crippen molar-refractivity contribution in [2.45, 2.75) is 31.3 Å². The van der Waals surface area contributed by atoms with E-state index >= 15 is 0 Å². The van der Waals surface area contributed by atoms with Crippen LogP contribution in [0.4, 0.5) is 0 Å². The van der Waals surface area contributed by atoms with Gasteiger partial charge in [0.25, 0.3) is 0 Å². The third-order valence-corrected chi connectivity index (χ3v) is 3.46. The molecular formula is C10H21N3. The molecule has 0 spiro atoms. The van der Waals surface area contributed by atoms with Crippen LogP contribution >= 0.6 is 0 Å². The third kappa shape index (κ3) is 2.22. The van der Waals surface area contributed by atoms with Crippen molar-refractivity contribution in [1.82, 2.24) is 9.80 Å². The quantitative estimate of drug-likeness (QED) is 0.626. The summed E-state index contributed by atoms with van der Waals surface area (Å²) in [6, 6.07) is 1.27.